The molecular formula is C23H23N3O4. The largest absolute Gasteiger partial charge is 0.459 e. The first-order valence-corrected chi connectivity index (χ1v) is 9.51. The molecule has 0 radical (unpaired) electrons. The number of furan rings is 1. The molecule has 3 aromatic rings. The number of aryl methyl sites for hydroxylation is 1. The zero-order valence-corrected chi connectivity index (χ0v) is 17.0. The van der Waals surface area contributed by atoms with Gasteiger partial charge in [0.25, 0.3) is 11.8 Å². The van der Waals surface area contributed by atoms with E-state index in [1.165, 1.54) is 6.26 Å². The SMILES string of the molecule is Cc1ccc(C(=O)Nc2ccc(NC(=O)C(C)C)cc2)cc1NC(=O)c1ccco1. The molecule has 0 saturated heterocycles. The zero-order valence-electron chi connectivity index (χ0n) is 17.0. The monoisotopic (exact) mass is 405 g/mol. The van der Waals surface area contributed by atoms with Crippen molar-refractivity contribution in [1.82, 2.24) is 0 Å². The predicted molar refractivity (Wildman–Crippen MR) is 116 cm³/mol. The summed E-state index contributed by atoms with van der Waals surface area (Å²) in [5, 5.41) is 8.36. The van der Waals surface area contributed by atoms with Crippen LogP contribution in [0.3, 0.4) is 0 Å². The number of benzene rings is 2. The highest BCUT2D eigenvalue weighted by Crippen LogP contribution is 2.20. The van der Waals surface area contributed by atoms with Gasteiger partial charge in [-0.2, -0.15) is 0 Å². The highest BCUT2D eigenvalue weighted by molar-refractivity contribution is 6.07. The number of carbonyl (C=O) groups is 3. The van der Waals surface area contributed by atoms with Gasteiger partial charge in [0.1, 0.15) is 0 Å². The van der Waals surface area contributed by atoms with Crippen molar-refractivity contribution in [3.05, 3.63) is 77.7 Å². The Labute approximate surface area is 174 Å². The molecule has 7 heteroatoms. The smallest absolute Gasteiger partial charge is 0.291 e. The Balaban J connectivity index is 1.68. The van der Waals surface area contributed by atoms with Gasteiger partial charge >= 0.3 is 0 Å². The molecule has 0 aliphatic heterocycles. The number of anilines is 3. The van der Waals surface area contributed by atoms with Gasteiger partial charge in [0.2, 0.25) is 5.91 Å². The summed E-state index contributed by atoms with van der Waals surface area (Å²) < 4.78 is 5.09. The van der Waals surface area contributed by atoms with Crippen molar-refractivity contribution in [3.63, 3.8) is 0 Å². The Morgan fingerprint density at radius 2 is 1.50 bits per heavy atom. The molecule has 0 saturated carbocycles. The van der Waals surface area contributed by atoms with Gasteiger partial charge in [-0.05, 0) is 61.0 Å². The Morgan fingerprint density at radius 3 is 2.10 bits per heavy atom. The fraction of sp³-hybridized carbons (Fsp3) is 0.174. The van der Waals surface area contributed by atoms with Gasteiger partial charge in [-0.3, -0.25) is 14.4 Å². The molecule has 154 valence electrons. The Bertz CT molecular complexity index is 1050. The summed E-state index contributed by atoms with van der Waals surface area (Å²) in [5.41, 5.74) is 2.98. The maximum atomic E-state index is 12.6. The van der Waals surface area contributed by atoms with Gasteiger partial charge in [0.05, 0.1) is 6.26 Å². The molecule has 1 aromatic heterocycles. The predicted octanol–water partition coefficient (Wildman–Crippen LogP) is 4.69. The molecule has 0 bridgehead atoms. The summed E-state index contributed by atoms with van der Waals surface area (Å²) >= 11 is 0. The maximum absolute atomic E-state index is 12.6. The lowest BCUT2D eigenvalue weighted by atomic mass is 10.1. The second-order valence-corrected chi connectivity index (χ2v) is 7.14. The van der Waals surface area contributed by atoms with Crippen molar-refractivity contribution in [1.29, 1.82) is 0 Å². The second kappa shape index (κ2) is 9.09. The highest BCUT2D eigenvalue weighted by atomic mass is 16.3. The summed E-state index contributed by atoms with van der Waals surface area (Å²) in [7, 11) is 0. The van der Waals surface area contributed by atoms with E-state index in [1.54, 1.807) is 54.6 Å². The van der Waals surface area contributed by atoms with Crippen molar-refractivity contribution in [2.24, 2.45) is 5.92 Å². The van der Waals surface area contributed by atoms with E-state index in [2.05, 4.69) is 16.0 Å². The van der Waals surface area contributed by atoms with Crippen LogP contribution in [0.5, 0.6) is 0 Å². The molecule has 3 rings (SSSR count). The zero-order chi connectivity index (χ0) is 21.7. The van der Waals surface area contributed by atoms with Crippen molar-refractivity contribution >= 4 is 34.8 Å². The number of amides is 3. The summed E-state index contributed by atoms with van der Waals surface area (Å²) in [6.07, 6.45) is 1.42. The molecule has 1 heterocycles. The van der Waals surface area contributed by atoms with Crippen LogP contribution in [0.25, 0.3) is 0 Å². The van der Waals surface area contributed by atoms with E-state index < -0.39 is 0 Å². The van der Waals surface area contributed by atoms with Crippen LogP contribution < -0.4 is 16.0 Å². The number of rotatable bonds is 6. The minimum Gasteiger partial charge on any atom is -0.459 e. The molecule has 7 nitrogen and oxygen atoms in total. The minimum absolute atomic E-state index is 0.0736. The van der Waals surface area contributed by atoms with Crippen LogP contribution in [0.2, 0.25) is 0 Å². The van der Waals surface area contributed by atoms with Gasteiger partial charge in [0.15, 0.2) is 5.76 Å². The van der Waals surface area contributed by atoms with Crippen LogP contribution in [0.1, 0.15) is 40.3 Å². The van der Waals surface area contributed by atoms with Gasteiger partial charge in [0, 0.05) is 28.5 Å². The van der Waals surface area contributed by atoms with Crippen molar-refractivity contribution < 1.29 is 18.8 Å². The molecule has 0 unspecified atom stereocenters. The molecule has 0 atom stereocenters. The van der Waals surface area contributed by atoms with Crippen LogP contribution in [0.4, 0.5) is 17.1 Å². The molecule has 30 heavy (non-hydrogen) atoms. The van der Waals surface area contributed by atoms with E-state index in [0.29, 0.717) is 22.6 Å². The third kappa shape index (κ3) is 5.14. The van der Waals surface area contributed by atoms with Crippen LogP contribution in [0, 0.1) is 12.8 Å². The molecular weight excluding hydrogens is 382 g/mol. The Kier molecular flexibility index (Phi) is 6.32. The lowest BCUT2D eigenvalue weighted by Crippen LogP contribution is -2.17. The van der Waals surface area contributed by atoms with Crippen LogP contribution >= 0.6 is 0 Å². The third-order valence-electron chi connectivity index (χ3n) is 4.43. The van der Waals surface area contributed by atoms with Gasteiger partial charge in [-0.25, -0.2) is 0 Å². The lowest BCUT2D eigenvalue weighted by Gasteiger charge is -2.11. The van der Waals surface area contributed by atoms with Crippen molar-refractivity contribution in [3.8, 4) is 0 Å². The van der Waals surface area contributed by atoms with Gasteiger partial charge < -0.3 is 20.4 Å². The van der Waals surface area contributed by atoms with Gasteiger partial charge in [-0.1, -0.05) is 19.9 Å². The van der Waals surface area contributed by atoms with E-state index in [4.69, 9.17) is 4.42 Å². The fourth-order valence-corrected chi connectivity index (χ4v) is 2.62. The summed E-state index contributed by atoms with van der Waals surface area (Å²) in [6, 6.07) is 15.1. The number of nitrogens with one attached hydrogen (secondary N) is 3. The Morgan fingerprint density at radius 1 is 0.833 bits per heavy atom. The van der Waals surface area contributed by atoms with Crippen molar-refractivity contribution in [2.75, 3.05) is 16.0 Å². The highest BCUT2D eigenvalue weighted by Gasteiger charge is 2.13. The van der Waals surface area contributed by atoms with Crippen LogP contribution in [-0.2, 0) is 4.79 Å². The molecule has 0 aliphatic rings. The average Bonchev–Trinajstić information content (AvgIpc) is 3.26. The summed E-state index contributed by atoms with van der Waals surface area (Å²) in [6.45, 7) is 5.47. The van der Waals surface area contributed by atoms with E-state index in [0.717, 1.165) is 5.56 Å². The first-order chi connectivity index (χ1) is 14.3. The van der Waals surface area contributed by atoms with Gasteiger partial charge in [-0.15, -0.1) is 0 Å². The third-order valence-corrected chi connectivity index (χ3v) is 4.43. The van der Waals surface area contributed by atoms with E-state index >= 15 is 0 Å². The summed E-state index contributed by atoms with van der Waals surface area (Å²) in [4.78, 5) is 36.6. The Hall–Kier alpha value is -3.87. The fourth-order valence-electron chi connectivity index (χ4n) is 2.62. The van der Waals surface area contributed by atoms with E-state index in [1.807, 2.05) is 20.8 Å². The van der Waals surface area contributed by atoms with Crippen molar-refractivity contribution in [2.45, 2.75) is 20.8 Å². The number of carbonyl (C=O) groups excluding carboxylic acids is 3. The maximum Gasteiger partial charge on any atom is 0.291 e. The molecule has 2 aromatic carbocycles. The minimum atomic E-state index is -0.389. The summed E-state index contributed by atoms with van der Waals surface area (Å²) in [5.74, 6) is -0.708. The first-order valence-electron chi connectivity index (χ1n) is 9.51. The number of hydrogen-bond donors (Lipinski definition) is 3. The topological polar surface area (TPSA) is 100 Å². The molecule has 0 spiro atoms. The standard InChI is InChI=1S/C23H23N3O4/c1-14(2)21(27)24-17-8-10-18(11-9-17)25-22(28)16-7-6-15(3)19(13-16)26-23(29)20-5-4-12-30-20/h4-14H,1-3H3,(H,24,27)(H,25,28)(H,26,29). The number of hydrogen-bond acceptors (Lipinski definition) is 4. The van der Waals surface area contributed by atoms with E-state index in [9.17, 15) is 14.4 Å². The second-order valence-electron chi connectivity index (χ2n) is 7.14. The van der Waals surface area contributed by atoms with Crippen LogP contribution in [-0.4, -0.2) is 17.7 Å². The normalized spacial score (nSPS) is 10.5. The molecule has 3 N–H and O–H groups in total. The van der Waals surface area contributed by atoms with Crippen LogP contribution in [0.15, 0.2) is 65.3 Å². The van der Waals surface area contributed by atoms with E-state index in [-0.39, 0.29) is 29.4 Å². The lowest BCUT2D eigenvalue weighted by molar-refractivity contribution is -0.118. The molecule has 0 fully saturated rings. The molecule has 0 aliphatic carbocycles. The quantitative estimate of drug-likeness (QED) is 0.554. The average molecular weight is 405 g/mol. The first kappa shape index (κ1) is 20.9. The molecule has 3 amide bonds.